The second-order valence-corrected chi connectivity index (χ2v) is 10.7. The number of piperazine rings is 1. The molecule has 2 aliphatic rings. The highest BCUT2D eigenvalue weighted by molar-refractivity contribution is 9.10. The van der Waals surface area contributed by atoms with Crippen LogP contribution in [0.1, 0.15) is 62.3 Å². The third kappa shape index (κ3) is 5.75. The van der Waals surface area contributed by atoms with E-state index in [4.69, 9.17) is 0 Å². The second-order valence-electron chi connectivity index (χ2n) is 9.80. The van der Waals surface area contributed by atoms with Gasteiger partial charge < -0.3 is 15.1 Å². The van der Waals surface area contributed by atoms with Crippen molar-refractivity contribution < 1.29 is 4.79 Å². The van der Waals surface area contributed by atoms with Crippen molar-refractivity contribution in [2.45, 2.75) is 51.9 Å². The lowest BCUT2D eigenvalue weighted by Gasteiger charge is -2.38. The summed E-state index contributed by atoms with van der Waals surface area (Å²) in [7, 11) is 0. The van der Waals surface area contributed by atoms with Gasteiger partial charge in [-0.3, -0.25) is 4.79 Å². The number of carbonyl (C=O) groups excluding carboxylic acids is 1. The summed E-state index contributed by atoms with van der Waals surface area (Å²) in [5, 5.41) is 3.51. The molecule has 1 amide bonds. The van der Waals surface area contributed by atoms with E-state index in [-0.39, 0.29) is 11.8 Å². The number of fused-ring (bicyclic) bond motifs is 1. The van der Waals surface area contributed by atoms with Gasteiger partial charge in [-0.05, 0) is 61.9 Å². The fraction of sp³-hybridized carbons (Fsp3) is 0.577. The molecule has 2 atom stereocenters. The van der Waals surface area contributed by atoms with Crippen LogP contribution < -0.4 is 10.2 Å². The van der Waals surface area contributed by atoms with Crippen LogP contribution in [0.15, 0.2) is 35.1 Å². The number of hydrogen-bond donors (Lipinski definition) is 1. The van der Waals surface area contributed by atoms with E-state index >= 15 is 0 Å². The van der Waals surface area contributed by atoms with Gasteiger partial charge in [0, 0.05) is 41.9 Å². The van der Waals surface area contributed by atoms with E-state index in [2.05, 4.69) is 73.9 Å². The zero-order chi connectivity index (χ0) is 23.4. The summed E-state index contributed by atoms with van der Waals surface area (Å²) < 4.78 is 1.04. The Bertz CT molecular complexity index is 940. The van der Waals surface area contributed by atoms with E-state index in [9.17, 15) is 4.79 Å². The van der Waals surface area contributed by atoms with Gasteiger partial charge in [0.1, 0.15) is 12.1 Å². The number of halogens is 1. The Morgan fingerprint density at radius 1 is 1.15 bits per heavy atom. The lowest BCUT2D eigenvalue weighted by Crippen LogP contribution is -2.50. The third-order valence-electron chi connectivity index (χ3n) is 6.88. The zero-order valence-electron chi connectivity index (χ0n) is 20.1. The monoisotopic (exact) mass is 513 g/mol. The number of rotatable bonds is 8. The molecular formula is C26H36BrN5O. The fourth-order valence-corrected chi connectivity index (χ4v) is 5.26. The summed E-state index contributed by atoms with van der Waals surface area (Å²) in [5.74, 6) is 2.32. The predicted molar refractivity (Wildman–Crippen MR) is 137 cm³/mol. The molecule has 2 aromatic rings. The highest BCUT2D eigenvalue weighted by Gasteiger charge is 2.31. The van der Waals surface area contributed by atoms with Crippen molar-refractivity contribution in [1.82, 2.24) is 20.2 Å². The first-order valence-electron chi connectivity index (χ1n) is 12.3. The Morgan fingerprint density at radius 2 is 1.88 bits per heavy atom. The summed E-state index contributed by atoms with van der Waals surface area (Å²) >= 11 is 3.52. The number of aromatic nitrogens is 2. The van der Waals surface area contributed by atoms with Crippen LogP contribution in [0, 0.1) is 5.92 Å². The third-order valence-corrected chi connectivity index (χ3v) is 7.40. The van der Waals surface area contributed by atoms with Gasteiger partial charge >= 0.3 is 0 Å². The quantitative estimate of drug-likeness (QED) is 0.531. The number of benzene rings is 1. The van der Waals surface area contributed by atoms with Crippen LogP contribution >= 0.6 is 15.9 Å². The van der Waals surface area contributed by atoms with Crippen LogP contribution in [0.2, 0.25) is 0 Å². The molecule has 178 valence electrons. The molecule has 0 unspecified atom stereocenters. The van der Waals surface area contributed by atoms with Crippen molar-refractivity contribution in [3.63, 3.8) is 0 Å². The maximum atomic E-state index is 13.6. The molecule has 0 spiro atoms. The smallest absolute Gasteiger partial charge is 0.230 e. The minimum Gasteiger partial charge on any atom is -0.353 e. The average Bonchev–Trinajstić information content (AvgIpc) is 3.20. The molecule has 7 heteroatoms. The van der Waals surface area contributed by atoms with Crippen molar-refractivity contribution in [2.75, 3.05) is 44.2 Å². The van der Waals surface area contributed by atoms with E-state index in [0.717, 1.165) is 74.4 Å². The van der Waals surface area contributed by atoms with Crippen LogP contribution in [0.4, 0.5) is 5.82 Å². The second kappa shape index (κ2) is 11.0. The first-order valence-corrected chi connectivity index (χ1v) is 13.1. The Morgan fingerprint density at radius 3 is 2.58 bits per heavy atom. The first kappa shape index (κ1) is 24.1. The lowest BCUT2D eigenvalue weighted by molar-refractivity contribution is -0.133. The summed E-state index contributed by atoms with van der Waals surface area (Å²) in [5.41, 5.74) is 3.62. The van der Waals surface area contributed by atoms with Crippen molar-refractivity contribution in [3.05, 3.63) is 51.9 Å². The largest absolute Gasteiger partial charge is 0.353 e. The molecule has 1 aromatic carbocycles. The number of amides is 1. The first-order chi connectivity index (χ1) is 15.9. The molecule has 1 N–H and O–H groups in total. The average molecular weight is 515 g/mol. The molecule has 2 heterocycles. The van der Waals surface area contributed by atoms with Gasteiger partial charge in [0.15, 0.2) is 0 Å². The number of anilines is 1. The van der Waals surface area contributed by atoms with Gasteiger partial charge in [-0.2, -0.15) is 0 Å². The maximum Gasteiger partial charge on any atom is 0.230 e. The molecule has 1 aliphatic heterocycles. The van der Waals surface area contributed by atoms with Crippen LogP contribution in [0.25, 0.3) is 0 Å². The molecule has 6 nitrogen and oxygen atoms in total. The SMILES string of the molecule is CC(C)CNCC[C@@H](C(=O)N1CCN(c2ncnc3c2[C@H](C)CC3)CC1)c1ccc(Br)cc1. The van der Waals surface area contributed by atoms with E-state index in [1.807, 2.05) is 12.1 Å². The summed E-state index contributed by atoms with van der Waals surface area (Å²) in [6, 6.07) is 8.23. The fourth-order valence-electron chi connectivity index (χ4n) is 5.00. The van der Waals surface area contributed by atoms with E-state index < -0.39 is 0 Å². The topological polar surface area (TPSA) is 61.4 Å². The van der Waals surface area contributed by atoms with Gasteiger partial charge in [0.2, 0.25) is 5.91 Å². The van der Waals surface area contributed by atoms with Crippen LogP contribution in [-0.4, -0.2) is 60.0 Å². The highest BCUT2D eigenvalue weighted by Crippen LogP contribution is 2.37. The lowest BCUT2D eigenvalue weighted by atomic mass is 9.93. The van der Waals surface area contributed by atoms with E-state index in [1.165, 1.54) is 11.3 Å². The van der Waals surface area contributed by atoms with Gasteiger partial charge in [-0.25, -0.2) is 9.97 Å². The summed E-state index contributed by atoms with van der Waals surface area (Å²) in [4.78, 5) is 27.2. The Balaban J connectivity index is 1.42. The van der Waals surface area contributed by atoms with Crippen LogP contribution in [0.5, 0.6) is 0 Å². The normalized spacial score (nSPS) is 19.1. The molecule has 1 saturated heterocycles. The Labute approximate surface area is 206 Å². The van der Waals surface area contributed by atoms with Crippen molar-refractivity contribution >= 4 is 27.7 Å². The molecule has 4 rings (SSSR count). The summed E-state index contributed by atoms with van der Waals surface area (Å²) in [6.07, 6.45) is 4.71. The molecule has 1 aromatic heterocycles. The van der Waals surface area contributed by atoms with Gasteiger partial charge in [-0.1, -0.05) is 48.8 Å². The molecule has 1 fully saturated rings. The number of aryl methyl sites for hydroxylation is 1. The molecule has 0 radical (unpaired) electrons. The minimum absolute atomic E-state index is 0.118. The van der Waals surface area contributed by atoms with Crippen LogP contribution in [-0.2, 0) is 11.2 Å². The summed E-state index contributed by atoms with van der Waals surface area (Å²) in [6.45, 7) is 11.6. The number of hydrogen-bond acceptors (Lipinski definition) is 5. The number of carbonyl (C=O) groups is 1. The van der Waals surface area contributed by atoms with Crippen LogP contribution in [0.3, 0.4) is 0 Å². The van der Waals surface area contributed by atoms with Crippen molar-refractivity contribution in [1.29, 1.82) is 0 Å². The van der Waals surface area contributed by atoms with Crippen molar-refractivity contribution in [3.8, 4) is 0 Å². The Hall–Kier alpha value is -1.99. The van der Waals surface area contributed by atoms with Gasteiger partial charge in [0.25, 0.3) is 0 Å². The molecule has 0 saturated carbocycles. The molecule has 1 aliphatic carbocycles. The minimum atomic E-state index is -0.118. The van der Waals surface area contributed by atoms with Gasteiger partial charge in [-0.15, -0.1) is 0 Å². The number of nitrogens with one attached hydrogen (secondary N) is 1. The standard InChI is InChI=1S/C26H36BrN5O/c1-18(2)16-28-11-10-22(20-5-7-21(27)8-6-20)26(33)32-14-12-31(13-15-32)25-24-19(3)4-9-23(24)29-17-30-25/h5-8,17-19,22,28H,4,9-16H2,1-3H3/t19-,22-/m1/s1. The molecule has 33 heavy (non-hydrogen) atoms. The van der Waals surface area contributed by atoms with E-state index in [0.29, 0.717) is 11.8 Å². The maximum absolute atomic E-state index is 13.6. The van der Waals surface area contributed by atoms with Crippen molar-refractivity contribution in [2.24, 2.45) is 5.92 Å². The number of nitrogens with zero attached hydrogens (tertiary/aromatic N) is 4. The van der Waals surface area contributed by atoms with E-state index in [1.54, 1.807) is 6.33 Å². The van der Waals surface area contributed by atoms with Gasteiger partial charge in [0.05, 0.1) is 5.92 Å². The highest BCUT2D eigenvalue weighted by atomic mass is 79.9. The molecule has 0 bridgehead atoms. The molecular weight excluding hydrogens is 478 g/mol. The zero-order valence-corrected chi connectivity index (χ0v) is 21.6. The Kier molecular flexibility index (Phi) is 8.02. The predicted octanol–water partition coefficient (Wildman–Crippen LogP) is 4.36.